The van der Waals surface area contributed by atoms with Gasteiger partial charge in [-0.15, -0.1) is 0 Å². The topological polar surface area (TPSA) is 9.23 Å². The Labute approximate surface area is 87.1 Å². The third-order valence-electron chi connectivity index (χ3n) is 2.62. The average Bonchev–Trinajstić information content (AvgIpc) is 2.20. The van der Waals surface area contributed by atoms with Crippen LogP contribution in [0.2, 0.25) is 0 Å². The highest BCUT2D eigenvalue weighted by molar-refractivity contribution is 5.42. The fraction of sp³-hybridized carbons (Fsp3) is 0.538. The molecule has 0 spiro atoms. The van der Waals surface area contributed by atoms with Gasteiger partial charge >= 0.3 is 0 Å². The molecular formula is C13H20O. The lowest BCUT2D eigenvalue weighted by molar-refractivity contribution is 0.411. The van der Waals surface area contributed by atoms with Gasteiger partial charge in [0.05, 0.1) is 7.11 Å². The van der Waals surface area contributed by atoms with Crippen molar-refractivity contribution >= 4 is 0 Å². The minimum Gasteiger partial charge on any atom is -0.496 e. The van der Waals surface area contributed by atoms with Crippen LogP contribution in [-0.4, -0.2) is 7.11 Å². The molecule has 78 valence electrons. The molecule has 0 aliphatic carbocycles. The highest BCUT2D eigenvalue weighted by Crippen LogP contribution is 2.24. The van der Waals surface area contributed by atoms with Crippen molar-refractivity contribution in [1.82, 2.24) is 0 Å². The highest BCUT2D eigenvalue weighted by Gasteiger charge is 2.05. The van der Waals surface area contributed by atoms with Crippen molar-refractivity contribution in [3.05, 3.63) is 28.8 Å². The zero-order valence-electron chi connectivity index (χ0n) is 9.68. The molecule has 0 unspecified atom stereocenters. The molecular weight excluding hydrogens is 172 g/mol. The molecule has 0 aliphatic heterocycles. The summed E-state index contributed by atoms with van der Waals surface area (Å²) in [5, 5.41) is 0. The Balaban J connectivity index is 3.11. The van der Waals surface area contributed by atoms with E-state index in [0.717, 1.165) is 18.6 Å². The van der Waals surface area contributed by atoms with Gasteiger partial charge in [-0.25, -0.2) is 0 Å². The lowest BCUT2D eigenvalue weighted by atomic mass is 9.98. The molecule has 0 saturated heterocycles. The van der Waals surface area contributed by atoms with Crippen LogP contribution in [0.5, 0.6) is 5.75 Å². The molecule has 1 aromatic carbocycles. The monoisotopic (exact) mass is 192 g/mol. The summed E-state index contributed by atoms with van der Waals surface area (Å²) < 4.78 is 5.33. The first-order valence-electron chi connectivity index (χ1n) is 5.39. The maximum Gasteiger partial charge on any atom is 0.122 e. The van der Waals surface area contributed by atoms with Gasteiger partial charge in [0.2, 0.25) is 0 Å². The van der Waals surface area contributed by atoms with Crippen molar-refractivity contribution < 1.29 is 4.74 Å². The Kier molecular flexibility index (Phi) is 3.99. The fourth-order valence-corrected chi connectivity index (χ4v) is 1.84. The van der Waals surface area contributed by atoms with Crippen LogP contribution in [0.1, 0.15) is 37.0 Å². The standard InChI is InChI=1S/C13H20O/c1-5-7-12-9-13(14-4)10(3)8-11(12)6-2/h8-9H,5-7H2,1-4H3. The molecule has 0 atom stereocenters. The van der Waals surface area contributed by atoms with Gasteiger partial charge in [0.15, 0.2) is 0 Å². The molecule has 0 aliphatic rings. The van der Waals surface area contributed by atoms with Crippen LogP contribution >= 0.6 is 0 Å². The van der Waals surface area contributed by atoms with Crippen molar-refractivity contribution in [1.29, 1.82) is 0 Å². The molecule has 1 heteroatoms. The molecule has 0 N–H and O–H groups in total. The summed E-state index contributed by atoms with van der Waals surface area (Å²) in [6.07, 6.45) is 3.46. The summed E-state index contributed by atoms with van der Waals surface area (Å²) in [4.78, 5) is 0. The van der Waals surface area contributed by atoms with E-state index in [-0.39, 0.29) is 0 Å². The van der Waals surface area contributed by atoms with Crippen molar-refractivity contribution in [2.24, 2.45) is 0 Å². The number of benzene rings is 1. The number of aryl methyl sites for hydroxylation is 3. The van der Waals surface area contributed by atoms with E-state index in [9.17, 15) is 0 Å². The van der Waals surface area contributed by atoms with Gasteiger partial charge in [-0.05, 0) is 42.5 Å². The van der Waals surface area contributed by atoms with E-state index in [1.54, 1.807) is 7.11 Å². The third kappa shape index (κ3) is 2.28. The first kappa shape index (κ1) is 11.1. The van der Waals surface area contributed by atoms with Crippen molar-refractivity contribution in [2.45, 2.75) is 40.0 Å². The molecule has 0 aromatic heterocycles. The minimum atomic E-state index is 1.02. The fourth-order valence-electron chi connectivity index (χ4n) is 1.84. The Morgan fingerprint density at radius 3 is 2.36 bits per heavy atom. The van der Waals surface area contributed by atoms with Crippen molar-refractivity contribution in [3.8, 4) is 5.75 Å². The molecule has 0 amide bonds. The van der Waals surface area contributed by atoms with Crippen molar-refractivity contribution in [3.63, 3.8) is 0 Å². The number of rotatable bonds is 4. The number of methoxy groups -OCH3 is 1. The molecule has 0 bridgehead atoms. The van der Waals surface area contributed by atoms with Gasteiger partial charge in [-0.3, -0.25) is 0 Å². The molecule has 1 nitrogen and oxygen atoms in total. The summed E-state index contributed by atoms with van der Waals surface area (Å²) in [5.41, 5.74) is 4.15. The largest absolute Gasteiger partial charge is 0.496 e. The summed E-state index contributed by atoms with van der Waals surface area (Å²) >= 11 is 0. The van der Waals surface area contributed by atoms with Gasteiger partial charge in [0.25, 0.3) is 0 Å². The number of hydrogen-bond donors (Lipinski definition) is 0. The molecule has 1 aromatic rings. The Bertz CT molecular complexity index is 302. The third-order valence-corrected chi connectivity index (χ3v) is 2.62. The predicted molar refractivity (Wildman–Crippen MR) is 61.1 cm³/mol. The quantitative estimate of drug-likeness (QED) is 0.709. The van der Waals surface area contributed by atoms with Crippen LogP contribution in [-0.2, 0) is 12.8 Å². The summed E-state index contributed by atoms with van der Waals surface area (Å²) in [6, 6.07) is 4.45. The Morgan fingerprint density at radius 1 is 1.14 bits per heavy atom. The van der Waals surface area contributed by atoms with E-state index in [4.69, 9.17) is 4.74 Å². The highest BCUT2D eigenvalue weighted by atomic mass is 16.5. The van der Waals surface area contributed by atoms with Crippen LogP contribution in [0.15, 0.2) is 12.1 Å². The van der Waals surface area contributed by atoms with Gasteiger partial charge in [0.1, 0.15) is 5.75 Å². The molecule has 14 heavy (non-hydrogen) atoms. The Hall–Kier alpha value is -0.980. The number of hydrogen-bond acceptors (Lipinski definition) is 1. The van der Waals surface area contributed by atoms with Crippen LogP contribution in [0.4, 0.5) is 0 Å². The molecule has 0 saturated carbocycles. The van der Waals surface area contributed by atoms with Gasteiger partial charge in [0, 0.05) is 0 Å². The van der Waals surface area contributed by atoms with E-state index < -0.39 is 0 Å². The van der Waals surface area contributed by atoms with Crippen LogP contribution < -0.4 is 4.74 Å². The van der Waals surface area contributed by atoms with Gasteiger partial charge < -0.3 is 4.74 Å². The molecule has 0 fully saturated rings. The van der Waals surface area contributed by atoms with E-state index in [1.165, 1.54) is 23.1 Å². The van der Waals surface area contributed by atoms with E-state index in [2.05, 4.69) is 32.9 Å². The summed E-state index contributed by atoms with van der Waals surface area (Å²) in [6.45, 7) is 6.53. The lowest BCUT2D eigenvalue weighted by Gasteiger charge is -2.12. The second kappa shape index (κ2) is 5.04. The number of ether oxygens (including phenoxy) is 1. The average molecular weight is 192 g/mol. The normalized spacial score (nSPS) is 10.3. The minimum absolute atomic E-state index is 1.02. The predicted octanol–water partition coefficient (Wildman–Crippen LogP) is 3.52. The Morgan fingerprint density at radius 2 is 1.86 bits per heavy atom. The smallest absolute Gasteiger partial charge is 0.122 e. The van der Waals surface area contributed by atoms with Gasteiger partial charge in [-0.2, -0.15) is 0 Å². The zero-order valence-corrected chi connectivity index (χ0v) is 9.68. The first-order chi connectivity index (χ1) is 6.72. The second-order valence-electron chi connectivity index (χ2n) is 3.69. The zero-order chi connectivity index (χ0) is 10.6. The lowest BCUT2D eigenvalue weighted by Crippen LogP contribution is -1.96. The first-order valence-corrected chi connectivity index (χ1v) is 5.39. The van der Waals surface area contributed by atoms with Crippen LogP contribution in [0.3, 0.4) is 0 Å². The second-order valence-corrected chi connectivity index (χ2v) is 3.69. The molecule has 1 rings (SSSR count). The van der Waals surface area contributed by atoms with E-state index >= 15 is 0 Å². The van der Waals surface area contributed by atoms with Crippen LogP contribution in [0, 0.1) is 6.92 Å². The van der Waals surface area contributed by atoms with Gasteiger partial charge in [-0.1, -0.05) is 26.3 Å². The van der Waals surface area contributed by atoms with E-state index in [1.807, 2.05) is 0 Å². The molecule has 0 heterocycles. The van der Waals surface area contributed by atoms with Crippen molar-refractivity contribution in [2.75, 3.05) is 7.11 Å². The molecule has 0 radical (unpaired) electrons. The van der Waals surface area contributed by atoms with Crippen LogP contribution in [0.25, 0.3) is 0 Å². The SMILES string of the molecule is CCCc1cc(OC)c(C)cc1CC. The summed E-state index contributed by atoms with van der Waals surface area (Å²) in [5.74, 6) is 1.02. The van der Waals surface area contributed by atoms with E-state index in [0.29, 0.717) is 0 Å². The maximum atomic E-state index is 5.33. The maximum absolute atomic E-state index is 5.33. The summed E-state index contributed by atoms with van der Waals surface area (Å²) in [7, 11) is 1.74.